The summed E-state index contributed by atoms with van der Waals surface area (Å²) in [5.41, 5.74) is 2.33. The first-order valence-corrected chi connectivity index (χ1v) is 10.1. The van der Waals surface area contributed by atoms with Crippen molar-refractivity contribution < 1.29 is 14.0 Å². The highest BCUT2D eigenvalue weighted by molar-refractivity contribution is 7.19. The van der Waals surface area contributed by atoms with E-state index in [9.17, 15) is 14.9 Å². The predicted octanol–water partition coefficient (Wildman–Crippen LogP) is 4.51. The van der Waals surface area contributed by atoms with Gasteiger partial charge in [-0.3, -0.25) is 14.5 Å². The van der Waals surface area contributed by atoms with E-state index < -0.39 is 11.8 Å². The van der Waals surface area contributed by atoms with E-state index >= 15 is 0 Å². The lowest BCUT2D eigenvalue weighted by Crippen LogP contribution is -2.42. The minimum Gasteiger partial charge on any atom is -0.447 e. The monoisotopic (exact) mass is 412 g/mol. The fourth-order valence-corrected chi connectivity index (χ4v) is 4.17. The van der Waals surface area contributed by atoms with Crippen molar-refractivity contribution in [2.45, 2.75) is 13.8 Å². The number of nitriles is 1. The maximum atomic E-state index is 12.7. The number of amides is 2. The van der Waals surface area contributed by atoms with Crippen LogP contribution in [-0.4, -0.2) is 23.3 Å². The molecule has 0 unspecified atom stereocenters. The van der Waals surface area contributed by atoms with Gasteiger partial charge >= 0.3 is 0 Å². The predicted molar refractivity (Wildman–Crippen MR) is 115 cm³/mol. The molecule has 5 nitrogen and oxygen atoms in total. The van der Waals surface area contributed by atoms with E-state index in [-0.39, 0.29) is 12.1 Å². The summed E-state index contributed by atoms with van der Waals surface area (Å²) in [4.78, 5) is 26.9. The van der Waals surface area contributed by atoms with Crippen LogP contribution in [0.4, 0.5) is 0 Å². The Hall–Kier alpha value is -3.87. The van der Waals surface area contributed by atoms with Gasteiger partial charge in [-0.2, -0.15) is 5.26 Å². The highest BCUT2D eigenvalue weighted by atomic mass is 32.1. The quantitative estimate of drug-likeness (QED) is 0.353. The first-order valence-electron chi connectivity index (χ1n) is 9.31. The Balaban J connectivity index is 1.68. The van der Waals surface area contributed by atoms with Gasteiger partial charge in [0.1, 0.15) is 17.2 Å². The minimum atomic E-state index is -0.541. The number of hydrogen-bond donors (Lipinski definition) is 0. The molecule has 0 N–H and O–H groups in total. The van der Waals surface area contributed by atoms with Crippen molar-refractivity contribution in [3.05, 3.63) is 75.4 Å². The largest absolute Gasteiger partial charge is 0.447 e. The van der Waals surface area contributed by atoms with Crippen LogP contribution < -0.4 is 0 Å². The van der Waals surface area contributed by atoms with Crippen LogP contribution in [0.2, 0.25) is 0 Å². The van der Waals surface area contributed by atoms with Crippen LogP contribution in [0.5, 0.6) is 0 Å². The molecule has 0 bridgehead atoms. The third-order valence-corrected chi connectivity index (χ3v) is 5.77. The van der Waals surface area contributed by atoms with Crippen molar-refractivity contribution in [3.63, 3.8) is 0 Å². The molecule has 0 saturated carbocycles. The van der Waals surface area contributed by atoms with E-state index in [1.807, 2.05) is 48.5 Å². The lowest BCUT2D eigenvalue weighted by atomic mass is 9.95. The molecule has 1 aromatic carbocycles. The molecule has 1 aliphatic heterocycles. The second kappa shape index (κ2) is 7.87. The third kappa shape index (κ3) is 3.45. The third-order valence-electron chi connectivity index (χ3n) is 4.76. The maximum absolute atomic E-state index is 12.7. The number of nitrogens with zero attached hydrogens (tertiary/aromatic N) is 2. The second-order valence-corrected chi connectivity index (χ2v) is 7.74. The molecule has 1 aliphatic rings. The molecule has 2 amide bonds. The first kappa shape index (κ1) is 19.4. The molecule has 6 heteroatoms. The zero-order valence-electron chi connectivity index (χ0n) is 16.4. The van der Waals surface area contributed by atoms with Gasteiger partial charge in [0.2, 0.25) is 0 Å². The number of carbonyl (C=O) groups excluding carboxylic acids is 2. The number of thiophene rings is 1. The van der Waals surface area contributed by atoms with Crippen LogP contribution in [0.3, 0.4) is 0 Å². The number of carbonyl (C=O) groups is 2. The van der Waals surface area contributed by atoms with Crippen molar-refractivity contribution in [1.29, 1.82) is 5.26 Å². The molecule has 4 rings (SSSR count). The number of imide groups is 1. The van der Waals surface area contributed by atoms with Crippen LogP contribution >= 0.6 is 11.3 Å². The molecule has 146 valence electrons. The molecular formula is C24H16N2O3S. The van der Waals surface area contributed by atoms with Crippen LogP contribution in [-0.2, 0) is 9.59 Å². The topological polar surface area (TPSA) is 74.3 Å². The lowest BCUT2D eigenvalue weighted by molar-refractivity contribution is -0.140. The van der Waals surface area contributed by atoms with Crippen LogP contribution in [0, 0.1) is 23.2 Å². The first-order chi connectivity index (χ1) is 14.5. The van der Waals surface area contributed by atoms with E-state index in [4.69, 9.17) is 4.42 Å². The van der Waals surface area contributed by atoms with Crippen molar-refractivity contribution in [3.8, 4) is 17.9 Å². The summed E-state index contributed by atoms with van der Waals surface area (Å²) in [7, 11) is 0. The molecule has 0 spiro atoms. The van der Waals surface area contributed by atoms with Crippen LogP contribution in [0.25, 0.3) is 16.4 Å². The summed E-state index contributed by atoms with van der Waals surface area (Å²) in [5.74, 6) is 5.71. The molecule has 0 radical (unpaired) electrons. The summed E-state index contributed by atoms with van der Waals surface area (Å²) in [6, 6.07) is 15.3. The van der Waals surface area contributed by atoms with Gasteiger partial charge in [-0.25, -0.2) is 0 Å². The van der Waals surface area contributed by atoms with E-state index in [1.165, 1.54) is 11.3 Å². The summed E-state index contributed by atoms with van der Waals surface area (Å²) in [6.07, 6.45) is 1.71. The normalized spacial score (nSPS) is 15.5. The highest BCUT2D eigenvalue weighted by Crippen LogP contribution is 2.33. The smallest absolute Gasteiger partial charge is 0.271 e. The van der Waals surface area contributed by atoms with E-state index in [2.05, 4.69) is 11.8 Å². The molecule has 0 fully saturated rings. The van der Waals surface area contributed by atoms with Crippen molar-refractivity contribution in [2.75, 3.05) is 6.54 Å². The SMILES string of the molecule is CCN1C(=O)C(C#N)=C(C)/C(=C/c2cc3oc(C#Cc4ccccc4)cc3s2)C1=O. The highest BCUT2D eigenvalue weighted by Gasteiger charge is 2.34. The van der Waals surface area contributed by atoms with E-state index in [1.54, 1.807) is 19.9 Å². The number of hydrogen-bond acceptors (Lipinski definition) is 5. The van der Waals surface area contributed by atoms with Gasteiger partial charge in [0.05, 0.1) is 4.70 Å². The number of fused-ring (bicyclic) bond motifs is 1. The summed E-state index contributed by atoms with van der Waals surface area (Å²) < 4.78 is 6.72. The zero-order valence-corrected chi connectivity index (χ0v) is 17.2. The maximum Gasteiger partial charge on any atom is 0.271 e. The second-order valence-electron chi connectivity index (χ2n) is 6.63. The number of likely N-dealkylation sites (N-methyl/N-ethyl adjacent to an activating group) is 1. The van der Waals surface area contributed by atoms with E-state index in [0.29, 0.717) is 22.5 Å². The zero-order chi connectivity index (χ0) is 21.3. The van der Waals surface area contributed by atoms with Crippen molar-refractivity contribution in [1.82, 2.24) is 4.90 Å². The fourth-order valence-electron chi connectivity index (χ4n) is 3.20. The summed E-state index contributed by atoms with van der Waals surface area (Å²) in [6.45, 7) is 3.55. The van der Waals surface area contributed by atoms with Crippen LogP contribution in [0.1, 0.15) is 30.0 Å². The Bertz CT molecular complexity index is 1310. The van der Waals surface area contributed by atoms with Gasteiger partial charge in [-0.05, 0) is 49.6 Å². The van der Waals surface area contributed by atoms with E-state index in [0.717, 1.165) is 20.0 Å². The lowest BCUT2D eigenvalue weighted by Gasteiger charge is -2.26. The average molecular weight is 412 g/mol. The summed E-state index contributed by atoms with van der Waals surface area (Å²) >= 11 is 1.46. The van der Waals surface area contributed by atoms with Crippen molar-refractivity contribution in [2.24, 2.45) is 0 Å². The Morgan fingerprint density at radius 3 is 2.57 bits per heavy atom. The van der Waals surface area contributed by atoms with Gasteiger partial charge in [0, 0.05) is 28.6 Å². The van der Waals surface area contributed by atoms with Gasteiger partial charge in [0.15, 0.2) is 5.76 Å². The average Bonchev–Trinajstić information content (AvgIpc) is 3.29. The Morgan fingerprint density at radius 2 is 1.90 bits per heavy atom. The molecule has 3 aromatic rings. The van der Waals surface area contributed by atoms with Gasteiger partial charge in [-0.15, -0.1) is 11.3 Å². The number of benzene rings is 1. The Morgan fingerprint density at radius 1 is 1.13 bits per heavy atom. The van der Waals surface area contributed by atoms with Crippen molar-refractivity contribution >= 4 is 39.5 Å². The molecule has 2 aromatic heterocycles. The van der Waals surface area contributed by atoms with Gasteiger partial charge in [-0.1, -0.05) is 24.1 Å². The molecule has 0 aliphatic carbocycles. The number of furan rings is 1. The Labute approximate surface area is 177 Å². The van der Waals surface area contributed by atoms with Gasteiger partial charge < -0.3 is 4.42 Å². The molecule has 30 heavy (non-hydrogen) atoms. The molecule has 3 heterocycles. The summed E-state index contributed by atoms with van der Waals surface area (Å²) in [5, 5.41) is 9.34. The fraction of sp³-hybridized carbons (Fsp3) is 0.125. The standard InChI is InChI=1S/C24H16N2O3S/c1-3-26-23(27)19(15(2)20(14-25)24(26)28)12-18-13-21-22(30-18)11-17(29-21)10-9-16-7-5-4-6-8-16/h4-8,11-13H,3H2,1-2H3/b19-12-. The molecular weight excluding hydrogens is 396 g/mol. The Kier molecular flexibility index (Phi) is 5.10. The number of rotatable bonds is 2. The minimum absolute atomic E-state index is 0.00131. The van der Waals surface area contributed by atoms with Crippen LogP contribution in [0.15, 0.2) is 63.6 Å². The molecule has 0 atom stereocenters. The van der Waals surface area contributed by atoms with Gasteiger partial charge in [0.25, 0.3) is 11.8 Å². The molecule has 0 saturated heterocycles.